The molecule has 2 aromatic carbocycles. The first kappa shape index (κ1) is 19.6. The lowest BCUT2D eigenvalue weighted by atomic mass is 10.0. The van der Waals surface area contributed by atoms with Gasteiger partial charge >= 0.3 is 0 Å². The van der Waals surface area contributed by atoms with Gasteiger partial charge in [0.05, 0.1) is 17.3 Å². The molecule has 1 aliphatic heterocycles. The molecule has 0 N–H and O–H groups in total. The lowest BCUT2D eigenvalue weighted by Gasteiger charge is -2.19. The second-order valence-corrected chi connectivity index (χ2v) is 7.80. The van der Waals surface area contributed by atoms with E-state index in [1.807, 2.05) is 48.5 Å². The normalized spacial score (nSPS) is 14.1. The van der Waals surface area contributed by atoms with Crippen LogP contribution in [0.25, 0.3) is 11.3 Å². The van der Waals surface area contributed by atoms with Gasteiger partial charge in [0.25, 0.3) is 0 Å². The maximum atomic E-state index is 8.98. The quantitative estimate of drug-likeness (QED) is 0.627. The summed E-state index contributed by atoms with van der Waals surface area (Å²) in [7, 11) is 0. The van der Waals surface area contributed by atoms with Gasteiger partial charge in [-0.1, -0.05) is 42.8 Å². The van der Waals surface area contributed by atoms with Crippen molar-refractivity contribution in [2.24, 2.45) is 0 Å². The Balaban J connectivity index is 1.59. The fourth-order valence-corrected chi connectivity index (χ4v) is 3.93. The van der Waals surface area contributed by atoms with Crippen LogP contribution in [0.3, 0.4) is 0 Å². The summed E-state index contributed by atoms with van der Waals surface area (Å²) >= 11 is 6.09. The molecule has 4 nitrogen and oxygen atoms in total. The number of hydrogen-bond donors (Lipinski definition) is 0. The molecule has 3 aromatic rings. The van der Waals surface area contributed by atoms with Gasteiger partial charge in [0.1, 0.15) is 5.82 Å². The predicted molar refractivity (Wildman–Crippen MR) is 116 cm³/mol. The van der Waals surface area contributed by atoms with Crippen LogP contribution in [0.4, 0.5) is 0 Å². The highest BCUT2D eigenvalue weighted by Crippen LogP contribution is 2.28. The zero-order chi connectivity index (χ0) is 20.2. The monoisotopic (exact) mass is 402 g/mol. The van der Waals surface area contributed by atoms with Crippen molar-refractivity contribution in [2.75, 3.05) is 13.1 Å². The predicted octanol–water partition coefficient (Wildman–Crippen LogP) is 4.83. The number of nitriles is 1. The number of rotatable bonds is 4. The fourth-order valence-electron chi connectivity index (χ4n) is 3.80. The lowest BCUT2D eigenvalue weighted by Crippen LogP contribution is -2.25. The van der Waals surface area contributed by atoms with E-state index in [-0.39, 0.29) is 0 Å². The van der Waals surface area contributed by atoms with E-state index < -0.39 is 0 Å². The first-order chi connectivity index (χ1) is 14.2. The molecular weight excluding hydrogens is 380 g/mol. The van der Waals surface area contributed by atoms with E-state index in [9.17, 15) is 0 Å². The second-order valence-electron chi connectivity index (χ2n) is 7.36. The minimum absolute atomic E-state index is 0.701. The van der Waals surface area contributed by atoms with E-state index in [0.717, 1.165) is 61.0 Å². The van der Waals surface area contributed by atoms with E-state index in [1.165, 1.54) is 16.8 Å². The Bertz CT molecular complexity index is 1040. The topological polar surface area (TPSA) is 52.8 Å². The molecule has 4 rings (SSSR count). The molecule has 0 bridgehead atoms. The molecule has 0 spiro atoms. The van der Waals surface area contributed by atoms with Crippen LogP contribution in [0, 0.1) is 11.3 Å². The van der Waals surface area contributed by atoms with Gasteiger partial charge in [-0.15, -0.1) is 0 Å². The maximum Gasteiger partial charge on any atom is 0.129 e. The number of halogens is 1. The third-order valence-corrected chi connectivity index (χ3v) is 5.66. The Morgan fingerprint density at radius 1 is 1.00 bits per heavy atom. The molecule has 29 heavy (non-hydrogen) atoms. The Hall–Kier alpha value is -2.74. The molecule has 0 atom stereocenters. The smallest absolute Gasteiger partial charge is 0.129 e. The Labute approximate surface area is 176 Å². The first-order valence-electron chi connectivity index (χ1n) is 10.0. The molecule has 146 valence electrons. The Kier molecular flexibility index (Phi) is 5.89. The van der Waals surface area contributed by atoms with Crippen molar-refractivity contribution in [3.63, 3.8) is 0 Å². The second kappa shape index (κ2) is 8.73. The van der Waals surface area contributed by atoms with E-state index in [4.69, 9.17) is 26.8 Å². The zero-order valence-corrected chi connectivity index (χ0v) is 17.3. The van der Waals surface area contributed by atoms with E-state index in [0.29, 0.717) is 5.56 Å². The lowest BCUT2D eigenvalue weighted by molar-refractivity contribution is 0.279. The summed E-state index contributed by atoms with van der Waals surface area (Å²) in [4.78, 5) is 12.2. The number of fused-ring (bicyclic) bond motifs is 1. The van der Waals surface area contributed by atoms with Gasteiger partial charge in [-0.2, -0.15) is 5.26 Å². The van der Waals surface area contributed by atoms with Gasteiger partial charge in [0.15, 0.2) is 0 Å². The van der Waals surface area contributed by atoms with E-state index >= 15 is 0 Å². The minimum atomic E-state index is 0.701. The SMILES string of the molecule is CCc1nc2c(c(-c3ccc(Cl)cc3)n1)CCN(Cc1ccc(C#N)cc1)CC2. The average Bonchev–Trinajstić information content (AvgIpc) is 2.96. The summed E-state index contributed by atoms with van der Waals surface area (Å²) in [6.07, 6.45) is 2.66. The zero-order valence-electron chi connectivity index (χ0n) is 16.5. The molecule has 0 saturated heterocycles. The Morgan fingerprint density at radius 2 is 1.72 bits per heavy atom. The highest BCUT2D eigenvalue weighted by molar-refractivity contribution is 6.30. The summed E-state index contributed by atoms with van der Waals surface area (Å²) in [5.41, 5.74) is 6.50. The summed E-state index contributed by atoms with van der Waals surface area (Å²) in [5, 5.41) is 9.72. The average molecular weight is 403 g/mol. The van der Waals surface area contributed by atoms with Crippen molar-refractivity contribution in [1.29, 1.82) is 5.26 Å². The van der Waals surface area contributed by atoms with Crippen LogP contribution in [0.2, 0.25) is 5.02 Å². The van der Waals surface area contributed by atoms with Crippen molar-refractivity contribution in [3.05, 3.63) is 81.8 Å². The molecule has 0 aliphatic carbocycles. The van der Waals surface area contributed by atoms with Crippen LogP contribution < -0.4 is 0 Å². The van der Waals surface area contributed by atoms with Crippen LogP contribution in [-0.2, 0) is 25.8 Å². The first-order valence-corrected chi connectivity index (χ1v) is 10.4. The number of nitrogens with zero attached hydrogens (tertiary/aromatic N) is 4. The van der Waals surface area contributed by atoms with Gasteiger partial charge in [-0.3, -0.25) is 4.90 Å². The van der Waals surface area contributed by atoms with Crippen LogP contribution in [0.15, 0.2) is 48.5 Å². The molecule has 0 radical (unpaired) electrons. The number of aryl methyl sites for hydroxylation is 1. The minimum Gasteiger partial charge on any atom is -0.298 e. The number of benzene rings is 2. The van der Waals surface area contributed by atoms with Crippen LogP contribution in [0.5, 0.6) is 0 Å². The summed E-state index contributed by atoms with van der Waals surface area (Å²) in [5.74, 6) is 0.897. The molecule has 0 amide bonds. The summed E-state index contributed by atoms with van der Waals surface area (Å²) in [6, 6.07) is 18.0. The van der Waals surface area contributed by atoms with Crippen LogP contribution in [0.1, 0.15) is 35.1 Å². The van der Waals surface area contributed by atoms with E-state index in [2.05, 4.69) is 17.9 Å². The van der Waals surface area contributed by atoms with Crippen molar-refractivity contribution in [3.8, 4) is 17.3 Å². The van der Waals surface area contributed by atoms with Crippen molar-refractivity contribution in [2.45, 2.75) is 32.7 Å². The molecule has 1 aliphatic rings. The number of aromatic nitrogens is 2. The van der Waals surface area contributed by atoms with Crippen LogP contribution >= 0.6 is 11.6 Å². The maximum absolute atomic E-state index is 8.98. The van der Waals surface area contributed by atoms with Gasteiger partial charge in [-0.05, 0) is 36.2 Å². The third kappa shape index (κ3) is 4.48. The molecule has 0 saturated carbocycles. The number of hydrogen-bond acceptors (Lipinski definition) is 4. The molecule has 1 aromatic heterocycles. The fraction of sp³-hybridized carbons (Fsp3) is 0.292. The van der Waals surface area contributed by atoms with Gasteiger partial charge in [0, 0.05) is 54.3 Å². The molecule has 5 heteroatoms. The highest BCUT2D eigenvalue weighted by atomic mass is 35.5. The van der Waals surface area contributed by atoms with Crippen molar-refractivity contribution < 1.29 is 0 Å². The third-order valence-electron chi connectivity index (χ3n) is 5.41. The van der Waals surface area contributed by atoms with Gasteiger partial charge in [-0.25, -0.2) is 9.97 Å². The summed E-state index contributed by atoms with van der Waals surface area (Å²) in [6.45, 7) is 4.90. The largest absolute Gasteiger partial charge is 0.298 e. The summed E-state index contributed by atoms with van der Waals surface area (Å²) < 4.78 is 0. The molecule has 2 heterocycles. The highest BCUT2D eigenvalue weighted by Gasteiger charge is 2.21. The van der Waals surface area contributed by atoms with Gasteiger partial charge < -0.3 is 0 Å². The van der Waals surface area contributed by atoms with Crippen LogP contribution in [-0.4, -0.2) is 28.0 Å². The molecular formula is C24H23ClN4. The molecule has 0 unspecified atom stereocenters. The standard InChI is InChI=1S/C24H23ClN4/c1-2-23-27-22-12-14-29(16-18-5-3-17(15-26)4-6-18)13-11-21(22)24(28-23)19-7-9-20(25)10-8-19/h3-10H,2,11-14,16H2,1H3. The van der Waals surface area contributed by atoms with Crippen molar-refractivity contribution in [1.82, 2.24) is 14.9 Å². The van der Waals surface area contributed by atoms with Crippen molar-refractivity contribution >= 4 is 11.6 Å². The van der Waals surface area contributed by atoms with Gasteiger partial charge in [0.2, 0.25) is 0 Å². The van der Waals surface area contributed by atoms with E-state index in [1.54, 1.807) is 0 Å². The Morgan fingerprint density at radius 3 is 2.41 bits per heavy atom. The molecule has 0 fully saturated rings.